The molecule has 0 saturated carbocycles. The first kappa shape index (κ1) is 11.6. The lowest BCUT2D eigenvalue weighted by Gasteiger charge is -2.06. The molecule has 1 aromatic carbocycles. The summed E-state index contributed by atoms with van der Waals surface area (Å²) in [6.07, 6.45) is 5.77. The highest BCUT2D eigenvalue weighted by Crippen LogP contribution is 2.15. The predicted molar refractivity (Wildman–Crippen MR) is 69.3 cm³/mol. The molecule has 2 aromatic rings. The van der Waals surface area contributed by atoms with E-state index in [4.69, 9.17) is 4.74 Å². The molecule has 2 nitrogen and oxygen atoms in total. The summed E-state index contributed by atoms with van der Waals surface area (Å²) in [6.45, 7) is 2.72. The van der Waals surface area contributed by atoms with E-state index >= 15 is 0 Å². The van der Waals surface area contributed by atoms with E-state index in [-0.39, 0.29) is 0 Å². The molecule has 1 heterocycles. The molecule has 0 aliphatic carbocycles. The van der Waals surface area contributed by atoms with E-state index in [0.717, 1.165) is 18.6 Å². The standard InChI is InChI=1S/C15H17NO/c1-2-17-15-7-3-5-13(11-15)8-9-14-6-4-10-16-12-14/h3-7,10-12H,2,8-9H2,1H3. The summed E-state index contributed by atoms with van der Waals surface area (Å²) in [5.41, 5.74) is 2.58. The second kappa shape index (κ2) is 6.04. The van der Waals surface area contributed by atoms with Crippen LogP contribution >= 0.6 is 0 Å². The third-order valence-corrected chi connectivity index (χ3v) is 2.63. The summed E-state index contributed by atoms with van der Waals surface area (Å²) in [6, 6.07) is 12.4. The fraction of sp³-hybridized carbons (Fsp3) is 0.267. The minimum atomic E-state index is 0.714. The van der Waals surface area contributed by atoms with E-state index in [0.29, 0.717) is 6.61 Å². The summed E-state index contributed by atoms with van der Waals surface area (Å²) in [5.74, 6) is 0.955. The van der Waals surface area contributed by atoms with Crippen molar-refractivity contribution in [3.8, 4) is 5.75 Å². The molecule has 17 heavy (non-hydrogen) atoms. The van der Waals surface area contributed by atoms with Gasteiger partial charge in [-0.2, -0.15) is 0 Å². The molecule has 0 N–H and O–H groups in total. The topological polar surface area (TPSA) is 22.1 Å². The van der Waals surface area contributed by atoms with Crippen molar-refractivity contribution in [3.63, 3.8) is 0 Å². The Balaban J connectivity index is 1.97. The Bertz CT molecular complexity index is 453. The molecule has 2 rings (SSSR count). The lowest BCUT2D eigenvalue weighted by molar-refractivity contribution is 0.340. The van der Waals surface area contributed by atoms with Gasteiger partial charge < -0.3 is 4.74 Å². The van der Waals surface area contributed by atoms with Crippen LogP contribution in [0.2, 0.25) is 0 Å². The average molecular weight is 227 g/mol. The van der Waals surface area contributed by atoms with Gasteiger partial charge in [-0.3, -0.25) is 4.98 Å². The van der Waals surface area contributed by atoms with E-state index in [1.165, 1.54) is 11.1 Å². The van der Waals surface area contributed by atoms with Crippen LogP contribution in [0.3, 0.4) is 0 Å². The lowest BCUT2D eigenvalue weighted by Crippen LogP contribution is -1.95. The number of hydrogen-bond acceptors (Lipinski definition) is 2. The molecule has 0 unspecified atom stereocenters. The van der Waals surface area contributed by atoms with Gasteiger partial charge in [0, 0.05) is 12.4 Å². The zero-order valence-electron chi connectivity index (χ0n) is 10.1. The van der Waals surface area contributed by atoms with E-state index in [1.807, 2.05) is 31.3 Å². The first-order valence-corrected chi connectivity index (χ1v) is 5.99. The maximum atomic E-state index is 5.49. The molecule has 2 heteroatoms. The van der Waals surface area contributed by atoms with Crippen molar-refractivity contribution in [3.05, 3.63) is 59.9 Å². The molecule has 0 aliphatic rings. The van der Waals surface area contributed by atoms with Gasteiger partial charge in [-0.15, -0.1) is 0 Å². The van der Waals surface area contributed by atoms with Gasteiger partial charge in [0.2, 0.25) is 0 Å². The van der Waals surface area contributed by atoms with Crippen LogP contribution in [0.1, 0.15) is 18.1 Å². The van der Waals surface area contributed by atoms with Crippen LogP contribution in [0.4, 0.5) is 0 Å². The van der Waals surface area contributed by atoms with Gasteiger partial charge in [0.25, 0.3) is 0 Å². The van der Waals surface area contributed by atoms with Gasteiger partial charge in [-0.1, -0.05) is 18.2 Å². The molecular weight excluding hydrogens is 210 g/mol. The number of pyridine rings is 1. The van der Waals surface area contributed by atoms with E-state index in [9.17, 15) is 0 Å². The van der Waals surface area contributed by atoms with Crippen molar-refractivity contribution in [2.75, 3.05) is 6.61 Å². The number of ether oxygens (including phenoxy) is 1. The maximum absolute atomic E-state index is 5.49. The number of nitrogens with zero attached hydrogens (tertiary/aromatic N) is 1. The Kier molecular flexibility index (Phi) is 4.14. The second-order valence-corrected chi connectivity index (χ2v) is 3.94. The Morgan fingerprint density at radius 2 is 1.88 bits per heavy atom. The molecule has 0 radical (unpaired) electrons. The largest absolute Gasteiger partial charge is 0.494 e. The third-order valence-electron chi connectivity index (χ3n) is 2.63. The van der Waals surface area contributed by atoms with Crippen molar-refractivity contribution >= 4 is 0 Å². The Morgan fingerprint density at radius 3 is 2.65 bits per heavy atom. The smallest absolute Gasteiger partial charge is 0.119 e. The molecule has 0 saturated heterocycles. The normalized spacial score (nSPS) is 10.2. The van der Waals surface area contributed by atoms with Crippen molar-refractivity contribution < 1.29 is 4.74 Å². The summed E-state index contributed by atoms with van der Waals surface area (Å²) < 4.78 is 5.49. The highest BCUT2D eigenvalue weighted by atomic mass is 16.5. The monoisotopic (exact) mass is 227 g/mol. The van der Waals surface area contributed by atoms with Crippen LogP contribution < -0.4 is 4.74 Å². The van der Waals surface area contributed by atoms with Gasteiger partial charge in [0.1, 0.15) is 5.75 Å². The molecular formula is C15H17NO. The molecule has 0 aliphatic heterocycles. The Hall–Kier alpha value is -1.83. The second-order valence-electron chi connectivity index (χ2n) is 3.94. The summed E-state index contributed by atoms with van der Waals surface area (Å²) >= 11 is 0. The van der Waals surface area contributed by atoms with E-state index in [1.54, 1.807) is 6.20 Å². The SMILES string of the molecule is CCOc1cccc(CCc2cccnc2)c1. The summed E-state index contributed by atoms with van der Waals surface area (Å²) in [7, 11) is 0. The van der Waals surface area contributed by atoms with Gasteiger partial charge in [-0.25, -0.2) is 0 Å². The Morgan fingerprint density at radius 1 is 1.06 bits per heavy atom. The molecule has 0 amide bonds. The van der Waals surface area contributed by atoms with Crippen LogP contribution in [0.25, 0.3) is 0 Å². The maximum Gasteiger partial charge on any atom is 0.119 e. The van der Waals surface area contributed by atoms with Crippen LogP contribution in [0.5, 0.6) is 5.75 Å². The van der Waals surface area contributed by atoms with Crippen molar-refractivity contribution in [2.45, 2.75) is 19.8 Å². The quantitative estimate of drug-likeness (QED) is 0.782. The molecule has 1 aromatic heterocycles. The number of rotatable bonds is 5. The number of aromatic nitrogens is 1. The van der Waals surface area contributed by atoms with Gasteiger partial charge in [-0.05, 0) is 49.1 Å². The number of aryl methyl sites for hydroxylation is 2. The highest BCUT2D eigenvalue weighted by molar-refractivity contribution is 5.29. The van der Waals surface area contributed by atoms with Gasteiger partial charge >= 0.3 is 0 Å². The van der Waals surface area contributed by atoms with Crippen molar-refractivity contribution in [1.29, 1.82) is 0 Å². The van der Waals surface area contributed by atoms with Crippen LogP contribution in [0, 0.1) is 0 Å². The van der Waals surface area contributed by atoms with E-state index < -0.39 is 0 Å². The molecule has 0 bridgehead atoms. The predicted octanol–water partition coefficient (Wildman–Crippen LogP) is 3.27. The highest BCUT2D eigenvalue weighted by Gasteiger charge is 1.98. The number of hydrogen-bond donors (Lipinski definition) is 0. The zero-order valence-corrected chi connectivity index (χ0v) is 10.1. The Labute approximate surface area is 102 Å². The number of benzene rings is 1. The van der Waals surface area contributed by atoms with Crippen molar-refractivity contribution in [2.24, 2.45) is 0 Å². The molecule has 0 spiro atoms. The first-order valence-electron chi connectivity index (χ1n) is 5.99. The van der Waals surface area contributed by atoms with Crippen LogP contribution in [-0.4, -0.2) is 11.6 Å². The zero-order chi connectivity index (χ0) is 11.9. The molecule has 0 fully saturated rings. The van der Waals surface area contributed by atoms with Crippen LogP contribution in [-0.2, 0) is 12.8 Å². The molecule has 0 atom stereocenters. The van der Waals surface area contributed by atoms with E-state index in [2.05, 4.69) is 23.2 Å². The van der Waals surface area contributed by atoms with Crippen LogP contribution in [0.15, 0.2) is 48.8 Å². The summed E-state index contributed by atoms with van der Waals surface area (Å²) in [5, 5.41) is 0. The van der Waals surface area contributed by atoms with Crippen molar-refractivity contribution in [1.82, 2.24) is 4.98 Å². The summed E-state index contributed by atoms with van der Waals surface area (Å²) in [4.78, 5) is 4.12. The molecule has 88 valence electrons. The minimum Gasteiger partial charge on any atom is -0.494 e. The minimum absolute atomic E-state index is 0.714. The first-order chi connectivity index (χ1) is 8.38. The fourth-order valence-corrected chi connectivity index (χ4v) is 1.79. The fourth-order valence-electron chi connectivity index (χ4n) is 1.79. The average Bonchev–Trinajstić information content (AvgIpc) is 2.39. The third kappa shape index (κ3) is 3.59. The van der Waals surface area contributed by atoms with Gasteiger partial charge in [0.05, 0.1) is 6.61 Å². The lowest BCUT2D eigenvalue weighted by atomic mass is 10.1. The van der Waals surface area contributed by atoms with Gasteiger partial charge in [0.15, 0.2) is 0 Å².